The van der Waals surface area contributed by atoms with Gasteiger partial charge in [0.2, 0.25) is 5.91 Å². The first-order valence-corrected chi connectivity index (χ1v) is 7.01. The zero-order valence-corrected chi connectivity index (χ0v) is 14.5. The number of halogens is 1. The van der Waals surface area contributed by atoms with Gasteiger partial charge < -0.3 is 16.4 Å². The molecular weight excluding hydrogens is 355 g/mol. The summed E-state index contributed by atoms with van der Waals surface area (Å²) < 4.78 is 0. The number of unbranched alkanes of at least 4 members (excludes halogenated alkanes) is 5. The Labute approximate surface area is 134 Å². The van der Waals surface area contributed by atoms with Gasteiger partial charge in [-0.05, 0) is 13.3 Å². The summed E-state index contributed by atoms with van der Waals surface area (Å²) in [5, 5.41) is 5.69. The number of hydrogen-bond acceptors (Lipinski definition) is 2. The van der Waals surface area contributed by atoms with E-state index in [0.717, 1.165) is 13.0 Å². The fourth-order valence-electron chi connectivity index (χ4n) is 1.59. The first kappa shape index (κ1) is 20.8. The van der Waals surface area contributed by atoms with Crippen molar-refractivity contribution < 1.29 is 4.79 Å². The lowest BCUT2D eigenvalue weighted by molar-refractivity contribution is -0.119. The zero-order chi connectivity index (χ0) is 13.6. The van der Waals surface area contributed by atoms with Crippen LogP contribution in [-0.4, -0.2) is 31.5 Å². The number of carbonyl (C=O) groups excluding carboxylic acids is 1. The van der Waals surface area contributed by atoms with E-state index in [4.69, 9.17) is 5.73 Å². The fourth-order valence-corrected chi connectivity index (χ4v) is 1.59. The Morgan fingerprint density at radius 2 is 1.68 bits per heavy atom. The lowest BCUT2D eigenvalue weighted by atomic mass is 10.1. The summed E-state index contributed by atoms with van der Waals surface area (Å²) >= 11 is 0. The Morgan fingerprint density at radius 3 is 2.32 bits per heavy atom. The highest BCUT2D eigenvalue weighted by molar-refractivity contribution is 14.0. The predicted octanol–water partition coefficient (Wildman–Crippen LogP) is 2.01. The number of hydrogen-bond donors (Lipinski definition) is 3. The highest BCUT2D eigenvalue weighted by Gasteiger charge is 1.97. The van der Waals surface area contributed by atoms with Gasteiger partial charge in [0.1, 0.15) is 6.54 Å². The molecule has 0 aromatic carbocycles. The van der Waals surface area contributed by atoms with E-state index < -0.39 is 0 Å². The van der Waals surface area contributed by atoms with Crippen LogP contribution in [0.15, 0.2) is 4.99 Å². The minimum Gasteiger partial charge on any atom is -0.370 e. The first-order valence-electron chi connectivity index (χ1n) is 7.01. The molecule has 5 nitrogen and oxygen atoms in total. The van der Waals surface area contributed by atoms with Crippen molar-refractivity contribution in [3.63, 3.8) is 0 Å². The maximum Gasteiger partial charge on any atom is 0.241 e. The molecule has 0 saturated heterocycles. The van der Waals surface area contributed by atoms with Gasteiger partial charge >= 0.3 is 0 Å². The highest BCUT2D eigenvalue weighted by atomic mass is 127. The highest BCUT2D eigenvalue weighted by Crippen LogP contribution is 2.03. The molecule has 0 aliphatic heterocycles. The third-order valence-corrected chi connectivity index (χ3v) is 2.60. The van der Waals surface area contributed by atoms with E-state index in [1.165, 1.54) is 32.1 Å². The van der Waals surface area contributed by atoms with Crippen LogP contribution in [0.5, 0.6) is 0 Å². The van der Waals surface area contributed by atoms with Crippen LogP contribution in [-0.2, 0) is 4.79 Å². The van der Waals surface area contributed by atoms with Crippen molar-refractivity contribution in [2.75, 3.05) is 19.6 Å². The van der Waals surface area contributed by atoms with Crippen molar-refractivity contribution in [1.82, 2.24) is 10.6 Å². The van der Waals surface area contributed by atoms with Crippen molar-refractivity contribution in [3.8, 4) is 0 Å². The minimum atomic E-state index is -0.0955. The number of carbonyl (C=O) groups is 1. The summed E-state index contributed by atoms with van der Waals surface area (Å²) in [4.78, 5) is 15.1. The van der Waals surface area contributed by atoms with Crippen molar-refractivity contribution in [2.24, 2.45) is 10.7 Å². The number of nitrogens with zero attached hydrogens (tertiary/aromatic N) is 1. The van der Waals surface area contributed by atoms with Gasteiger partial charge in [-0.15, -0.1) is 24.0 Å². The molecule has 0 bridgehead atoms. The number of nitrogens with one attached hydrogen (secondary N) is 2. The van der Waals surface area contributed by atoms with Gasteiger partial charge in [0.15, 0.2) is 5.96 Å². The maximum atomic E-state index is 11.1. The quantitative estimate of drug-likeness (QED) is 0.233. The summed E-state index contributed by atoms with van der Waals surface area (Å²) in [6, 6.07) is 0. The van der Waals surface area contributed by atoms with E-state index in [1.54, 1.807) is 0 Å². The predicted molar refractivity (Wildman–Crippen MR) is 92.0 cm³/mol. The molecule has 0 aromatic rings. The second-order valence-corrected chi connectivity index (χ2v) is 4.35. The molecule has 1 amide bonds. The fraction of sp³-hybridized carbons (Fsp3) is 0.846. The lowest BCUT2D eigenvalue weighted by Crippen LogP contribution is -2.34. The number of guanidine groups is 1. The van der Waals surface area contributed by atoms with Crippen LogP contribution in [0.2, 0.25) is 0 Å². The Balaban J connectivity index is 0. The van der Waals surface area contributed by atoms with Gasteiger partial charge in [-0.2, -0.15) is 0 Å². The third kappa shape index (κ3) is 15.4. The van der Waals surface area contributed by atoms with E-state index in [-0.39, 0.29) is 36.4 Å². The number of amides is 1. The van der Waals surface area contributed by atoms with Crippen molar-refractivity contribution in [2.45, 2.75) is 52.4 Å². The maximum absolute atomic E-state index is 11.1. The molecule has 0 aliphatic carbocycles. The van der Waals surface area contributed by atoms with Crippen molar-refractivity contribution in [1.29, 1.82) is 0 Å². The van der Waals surface area contributed by atoms with Crippen LogP contribution in [0.3, 0.4) is 0 Å². The van der Waals surface area contributed by atoms with Gasteiger partial charge in [-0.3, -0.25) is 4.79 Å². The molecule has 19 heavy (non-hydrogen) atoms. The molecule has 0 aromatic heterocycles. The lowest BCUT2D eigenvalue weighted by Gasteiger charge is -2.05. The van der Waals surface area contributed by atoms with Crippen molar-refractivity contribution in [3.05, 3.63) is 0 Å². The zero-order valence-electron chi connectivity index (χ0n) is 12.2. The van der Waals surface area contributed by atoms with Gasteiger partial charge in [0.05, 0.1) is 0 Å². The SMILES string of the molecule is CCCCCCCCNC(N)=NCC(=O)NCC.I. The van der Waals surface area contributed by atoms with E-state index >= 15 is 0 Å². The standard InChI is InChI=1S/C13H28N4O.HI/c1-3-5-6-7-8-9-10-16-13(14)17-11-12(18)15-4-2;/h3-11H2,1-2H3,(H,15,18)(H3,14,16,17);1H. The van der Waals surface area contributed by atoms with Crippen LogP contribution < -0.4 is 16.4 Å². The molecule has 0 aliphatic rings. The average Bonchev–Trinajstić information content (AvgIpc) is 2.35. The van der Waals surface area contributed by atoms with Crippen LogP contribution in [0.4, 0.5) is 0 Å². The summed E-state index contributed by atoms with van der Waals surface area (Å²) in [5.41, 5.74) is 5.64. The number of likely N-dealkylation sites (N-methyl/N-ethyl adjacent to an activating group) is 1. The molecule has 0 spiro atoms. The molecule has 0 unspecified atom stereocenters. The molecule has 6 heteroatoms. The number of nitrogens with two attached hydrogens (primary N) is 1. The topological polar surface area (TPSA) is 79.5 Å². The van der Waals surface area contributed by atoms with E-state index in [9.17, 15) is 4.79 Å². The van der Waals surface area contributed by atoms with Crippen molar-refractivity contribution >= 4 is 35.8 Å². The van der Waals surface area contributed by atoms with Crippen LogP contribution in [0.25, 0.3) is 0 Å². The van der Waals surface area contributed by atoms with Crippen LogP contribution in [0, 0.1) is 0 Å². The molecule has 0 heterocycles. The largest absolute Gasteiger partial charge is 0.370 e. The monoisotopic (exact) mass is 384 g/mol. The molecule has 114 valence electrons. The molecule has 0 fully saturated rings. The normalized spacial score (nSPS) is 10.7. The average molecular weight is 384 g/mol. The second-order valence-electron chi connectivity index (χ2n) is 4.35. The summed E-state index contributed by atoms with van der Waals surface area (Å²) in [7, 11) is 0. The van der Waals surface area contributed by atoms with E-state index in [1.807, 2.05) is 6.92 Å². The molecular formula is C13H29IN4O. The molecule has 0 saturated carbocycles. The Bertz CT molecular complexity index is 247. The third-order valence-electron chi connectivity index (χ3n) is 2.60. The van der Waals surface area contributed by atoms with Gasteiger partial charge in [0, 0.05) is 13.1 Å². The van der Waals surface area contributed by atoms with E-state index in [0.29, 0.717) is 12.5 Å². The van der Waals surface area contributed by atoms with Gasteiger partial charge in [-0.25, -0.2) is 4.99 Å². The smallest absolute Gasteiger partial charge is 0.241 e. The second kappa shape index (κ2) is 15.5. The number of aliphatic imine (C=N–C) groups is 1. The Kier molecular flexibility index (Phi) is 17.0. The summed E-state index contributed by atoms with van der Waals surface area (Å²) in [6.07, 6.45) is 7.52. The Morgan fingerprint density at radius 1 is 1.05 bits per heavy atom. The van der Waals surface area contributed by atoms with Gasteiger partial charge in [0.25, 0.3) is 0 Å². The van der Waals surface area contributed by atoms with Gasteiger partial charge in [-0.1, -0.05) is 39.0 Å². The number of rotatable bonds is 10. The van der Waals surface area contributed by atoms with Crippen LogP contribution in [0.1, 0.15) is 52.4 Å². The summed E-state index contributed by atoms with van der Waals surface area (Å²) in [5.74, 6) is 0.261. The van der Waals surface area contributed by atoms with Crippen LogP contribution >= 0.6 is 24.0 Å². The minimum absolute atomic E-state index is 0. The molecule has 0 atom stereocenters. The van der Waals surface area contributed by atoms with E-state index in [2.05, 4.69) is 22.5 Å². The summed E-state index contributed by atoms with van der Waals surface area (Å²) in [6.45, 7) is 5.65. The first-order chi connectivity index (χ1) is 8.70. The Hall–Kier alpha value is -0.530. The molecule has 4 N–H and O–H groups in total. The molecule has 0 rings (SSSR count). The molecule has 0 radical (unpaired) electrons.